The van der Waals surface area contributed by atoms with E-state index in [4.69, 9.17) is 0 Å². The van der Waals surface area contributed by atoms with Gasteiger partial charge in [0.25, 0.3) is 0 Å². The molecule has 0 aromatic heterocycles. The smallest absolute Gasteiger partial charge is 0.149 e. The van der Waals surface area contributed by atoms with E-state index < -0.39 is 11.6 Å². The Balaban J connectivity index is 2.26. The van der Waals surface area contributed by atoms with Crippen LogP contribution in [0.2, 0.25) is 0 Å². The Hall–Kier alpha value is -1.16. The highest BCUT2D eigenvalue weighted by Gasteiger charge is 2.20. The number of hydrogen-bond donors (Lipinski definition) is 0. The fourth-order valence-corrected chi connectivity index (χ4v) is 2.02. The van der Waals surface area contributed by atoms with E-state index in [1.54, 1.807) is 11.8 Å². The summed E-state index contributed by atoms with van der Waals surface area (Å²) in [6.45, 7) is 4.72. The SMILES string of the molecule is Cc1cc(F)c(N2CCN(C)CC2)c(F)c1. The molecule has 1 aromatic rings. The fraction of sp³-hybridized carbons (Fsp3) is 0.500. The highest BCUT2D eigenvalue weighted by Crippen LogP contribution is 2.25. The van der Waals surface area contributed by atoms with E-state index in [2.05, 4.69) is 4.90 Å². The minimum absolute atomic E-state index is 0.124. The average Bonchev–Trinajstić information content (AvgIpc) is 2.19. The number of anilines is 1. The normalized spacial score (nSPS) is 17.9. The summed E-state index contributed by atoms with van der Waals surface area (Å²) in [5.41, 5.74) is 0.742. The molecule has 88 valence electrons. The van der Waals surface area contributed by atoms with Crippen LogP contribution in [0.15, 0.2) is 12.1 Å². The summed E-state index contributed by atoms with van der Waals surface area (Å²) in [5.74, 6) is -0.913. The number of piperazine rings is 1. The van der Waals surface area contributed by atoms with Gasteiger partial charge < -0.3 is 9.80 Å². The first-order valence-corrected chi connectivity index (χ1v) is 5.47. The summed E-state index contributed by atoms with van der Waals surface area (Å²) in [7, 11) is 2.01. The van der Waals surface area contributed by atoms with Gasteiger partial charge in [0.2, 0.25) is 0 Å². The van der Waals surface area contributed by atoms with Gasteiger partial charge in [-0.2, -0.15) is 0 Å². The topological polar surface area (TPSA) is 6.48 Å². The first-order chi connectivity index (χ1) is 7.58. The lowest BCUT2D eigenvalue weighted by Gasteiger charge is -2.34. The van der Waals surface area contributed by atoms with Crippen molar-refractivity contribution in [2.75, 3.05) is 38.1 Å². The van der Waals surface area contributed by atoms with Crippen LogP contribution >= 0.6 is 0 Å². The standard InChI is InChI=1S/C12H16F2N2/c1-9-7-10(13)12(11(14)8-9)16-5-3-15(2)4-6-16/h7-8H,3-6H2,1-2H3. The van der Waals surface area contributed by atoms with Crippen molar-refractivity contribution in [2.45, 2.75) is 6.92 Å². The van der Waals surface area contributed by atoms with Crippen molar-refractivity contribution in [3.8, 4) is 0 Å². The summed E-state index contributed by atoms with van der Waals surface area (Å²) < 4.78 is 27.4. The van der Waals surface area contributed by atoms with E-state index in [0.717, 1.165) is 13.1 Å². The third-order valence-electron chi connectivity index (χ3n) is 2.98. The molecule has 0 unspecified atom stereocenters. The molecule has 16 heavy (non-hydrogen) atoms. The molecule has 0 radical (unpaired) electrons. The zero-order valence-electron chi connectivity index (χ0n) is 9.63. The van der Waals surface area contributed by atoms with Crippen LogP contribution in [-0.2, 0) is 0 Å². The second-order valence-electron chi connectivity index (χ2n) is 4.37. The van der Waals surface area contributed by atoms with Gasteiger partial charge in [-0.15, -0.1) is 0 Å². The van der Waals surface area contributed by atoms with Gasteiger partial charge in [0.1, 0.15) is 17.3 Å². The maximum absolute atomic E-state index is 13.7. The summed E-state index contributed by atoms with van der Waals surface area (Å²) in [5, 5.41) is 0. The first-order valence-electron chi connectivity index (χ1n) is 5.47. The molecule has 0 spiro atoms. The van der Waals surface area contributed by atoms with Crippen molar-refractivity contribution in [1.82, 2.24) is 4.90 Å². The molecular weight excluding hydrogens is 210 g/mol. The molecule has 0 aliphatic carbocycles. The van der Waals surface area contributed by atoms with Crippen molar-refractivity contribution >= 4 is 5.69 Å². The maximum atomic E-state index is 13.7. The van der Waals surface area contributed by atoms with E-state index in [-0.39, 0.29) is 5.69 Å². The Bertz CT molecular complexity index is 362. The van der Waals surface area contributed by atoms with Crippen molar-refractivity contribution in [2.24, 2.45) is 0 Å². The van der Waals surface area contributed by atoms with E-state index >= 15 is 0 Å². The first kappa shape index (κ1) is 11.3. The zero-order valence-corrected chi connectivity index (χ0v) is 9.63. The van der Waals surface area contributed by atoms with Crippen LogP contribution in [0.25, 0.3) is 0 Å². The van der Waals surface area contributed by atoms with Gasteiger partial charge >= 0.3 is 0 Å². The summed E-state index contributed by atoms with van der Waals surface area (Å²) in [6.07, 6.45) is 0. The quantitative estimate of drug-likeness (QED) is 0.723. The molecule has 1 aromatic carbocycles. The number of halogens is 2. The highest BCUT2D eigenvalue weighted by atomic mass is 19.1. The molecule has 1 fully saturated rings. The molecule has 0 saturated carbocycles. The molecule has 1 aliphatic rings. The monoisotopic (exact) mass is 226 g/mol. The predicted molar refractivity (Wildman–Crippen MR) is 60.8 cm³/mol. The van der Waals surface area contributed by atoms with Gasteiger partial charge in [-0.3, -0.25) is 0 Å². The largest absolute Gasteiger partial charge is 0.364 e. The zero-order chi connectivity index (χ0) is 11.7. The van der Waals surface area contributed by atoms with Crippen molar-refractivity contribution < 1.29 is 8.78 Å². The Morgan fingerprint density at radius 2 is 1.50 bits per heavy atom. The van der Waals surface area contributed by atoms with Gasteiger partial charge in [0.15, 0.2) is 0 Å². The highest BCUT2D eigenvalue weighted by molar-refractivity contribution is 5.51. The van der Waals surface area contributed by atoms with Gasteiger partial charge in [-0.05, 0) is 31.7 Å². The van der Waals surface area contributed by atoms with Crippen LogP contribution < -0.4 is 4.90 Å². The van der Waals surface area contributed by atoms with Crippen LogP contribution in [0.1, 0.15) is 5.56 Å². The van der Waals surface area contributed by atoms with Gasteiger partial charge in [0.05, 0.1) is 0 Å². The molecule has 2 rings (SSSR count). The Kier molecular flexibility index (Phi) is 3.10. The van der Waals surface area contributed by atoms with Gasteiger partial charge in [0, 0.05) is 26.2 Å². The van der Waals surface area contributed by atoms with E-state index in [9.17, 15) is 8.78 Å². The summed E-state index contributed by atoms with van der Waals surface area (Å²) in [4.78, 5) is 3.94. The minimum atomic E-state index is -0.456. The summed E-state index contributed by atoms with van der Waals surface area (Å²) in [6, 6.07) is 2.77. The van der Waals surface area contributed by atoms with Crippen LogP contribution in [0.4, 0.5) is 14.5 Å². The molecule has 2 nitrogen and oxygen atoms in total. The third kappa shape index (κ3) is 2.16. The van der Waals surface area contributed by atoms with Gasteiger partial charge in [-0.1, -0.05) is 0 Å². The minimum Gasteiger partial charge on any atom is -0.364 e. The second kappa shape index (κ2) is 4.37. The number of aryl methyl sites for hydroxylation is 1. The predicted octanol–water partition coefficient (Wildman–Crippen LogP) is 2.03. The van der Waals surface area contributed by atoms with Crippen molar-refractivity contribution in [3.05, 3.63) is 29.3 Å². The molecular formula is C12H16F2N2. The molecule has 1 saturated heterocycles. The molecule has 1 aliphatic heterocycles. The second-order valence-corrected chi connectivity index (χ2v) is 4.37. The van der Waals surface area contributed by atoms with Gasteiger partial charge in [-0.25, -0.2) is 8.78 Å². The lowest BCUT2D eigenvalue weighted by atomic mass is 10.1. The van der Waals surface area contributed by atoms with Crippen LogP contribution in [0, 0.1) is 18.6 Å². The average molecular weight is 226 g/mol. The lowest BCUT2D eigenvalue weighted by molar-refractivity contribution is 0.310. The van der Waals surface area contributed by atoms with Crippen LogP contribution in [-0.4, -0.2) is 38.1 Å². The molecule has 0 N–H and O–H groups in total. The molecule has 0 bridgehead atoms. The van der Waals surface area contributed by atoms with E-state index in [0.29, 0.717) is 18.7 Å². The van der Waals surface area contributed by atoms with Crippen LogP contribution in [0.3, 0.4) is 0 Å². The lowest BCUT2D eigenvalue weighted by Crippen LogP contribution is -2.45. The molecule has 4 heteroatoms. The fourth-order valence-electron chi connectivity index (χ4n) is 2.02. The summed E-state index contributed by atoms with van der Waals surface area (Å²) >= 11 is 0. The Morgan fingerprint density at radius 3 is 2.00 bits per heavy atom. The number of benzene rings is 1. The van der Waals surface area contributed by atoms with Crippen molar-refractivity contribution in [3.63, 3.8) is 0 Å². The molecule has 0 atom stereocenters. The number of hydrogen-bond acceptors (Lipinski definition) is 2. The maximum Gasteiger partial charge on any atom is 0.149 e. The number of nitrogens with zero attached hydrogens (tertiary/aromatic N) is 2. The Morgan fingerprint density at radius 1 is 1.00 bits per heavy atom. The van der Waals surface area contributed by atoms with E-state index in [1.807, 2.05) is 7.05 Å². The number of likely N-dealkylation sites (N-methyl/N-ethyl adjacent to an activating group) is 1. The molecule has 0 amide bonds. The molecule has 1 heterocycles. The third-order valence-corrected chi connectivity index (χ3v) is 2.98. The van der Waals surface area contributed by atoms with E-state index in [1.165, 1.54) is 12.1 Å². The number of rotatable bonds is 1. The van der Waals surface area contributed by atoms with Crippen molar-refractivity contribution in [1.29, 1.82) is 0 Å². The van der Waals surface area contributed by atoms with Crippen LogP contribution in [0.5, 0.6) is 0 Å². The Labute approximate surface area is 94.5 Å².